The molecule has 0 fully saturated rings. The van der Waals surface area contributed by atoms with Gasteiger partial charge >= 0.3 is 0 Å². The Labute approximate surface area is 107 Å². The van der Waals surface area contributed by atoms with Gasteiger partial charge in [-0.05, 0) is 44.7 Å². The van der Waals surface area contributed by atoms with Crippen LogP contribution >= 0.6 is 0 Å². The Balaban J connectivity index is 2.26. The number of aryl methyl sites for hydroxylation is 1. The zero-order chi connectivity index (χ0) is 13.6. The highest BCUT2D eigenvalue weighted by Crippen LogP contribution is 2.16. The number of unbranched alkanes of at least 4 members (excludes halogenated alkanes) is 1. The summed E-state index contributed by atoms with van der Waals surface area (Å²) in [6.07, 6.45) is 2.24. The number of nitrogens with zero attached hydrogens (tertiary/aromatic N) is 1. The Morgan fingerprint density at radius 3 is 2.78 bits per heavy atom. The third-order valence-corrected chi connectivity index (χ3v) is 2.76. The molecule has 1 atom stereocenters. The summed E-state index contributed by atoms with van der Waals surface area (Å²) in [5.41, 5.74) is 5.53. The van der Waals surface area contributed by atoms with Crippen LogP contribution in [-0.2, 0) is 0 Å². The van der Waals surface area contributed by atoms with E-state index in [0.717, 1.165) is 12.8 Å². The molecule has 0 radical (unpaired) electrons. The maximum atomic E-state index is 13.2. The van der Waals surface area contributed by atoms with Crippen molar-refractivity contribution in [1.82, 2.24) is 0 Å². The Kier molecular flexibility index (Phi) is 5.11. The van der Waals surface area contributed by atoms with Crippen molar-refractivity contribution >= 4 is 0 Å². The molecule has 98 valence electrons. The van der Waals surface area contributed by atoms with Crippen molar-refractivity contribution in [3.63, 3.8) is 0 Å². The highest BCUT2D eigenvalue weighted by molar-refractivity contribution is 5.27. The monoisotopic (exact) mass is 250 g/mol. The zero-order valence-corrected chi connectivity index (χ0v) is 10.9. The molecule has 0 saturated carbocycles. The van der Waals surface area contributed by atoms with E-state index in [9.17, 15) is 4.39 Å². The van der Waals surface area contributed by atoms with Crippen LogP contribution in [-0.4, -0.2) is 12.1 Å². The Morgan fingerprint density at radius 2 is 2.17 bits per heavy atom. The number of ether oxygens (including phenoxy) is 1. The van der Waals surface area contributed by atoms with Crippen LogP contribution in [0, 0.1) is 24.1 Å². The first-order valence-corrected chi connectivity index (χ1v) is 6.04. The smallest absolute Gasteiger partial charge is 0.129 e. The van der Waals surface area contributed by atoms with E-state index >= 15 is 0 Å². The predicted molar refractivity (Wildman–Crippen MR) is 68.7 cm³/mol. The average molecular weight is 250 g/mol. The number of nitriles is 1. The first kappa shape index (κ1) is 14.5. The minimum atomic E-state index is -0.768. The highest BCUT2D eigenvalue weighted by atomic mass is 19.1. The quantitative estimate of drug-likeness (QED) is 0.790. The van der Waals surface area contributed by atoms with Gasteiger partial charge in [0, 0.05) is 6.07 Å². The first-order chi connectivity index (χ1) is 8.44. The van der Waals surface area contributed by atoms with E-state index in [1.165, 1.54) is 6.07 Å². The third kappa shape index (κ3) is 4.72. The summed E-state index contributed by atoms with van der Waals surface area (Å²) in [7, 11) is 0. The van der Waals surface area contributed by atoms with E-state index in [0.29, 0.717) is 24.3 Å². The van der Waals surface area contributed by atoms with E-state index in [1.807, 2.05) is 0 Å². The van der Waals surface area contributed by atoms with Crippen molar-refractivity contribution < 1.29 is 9.13 Å². The molecule has 0 aliphatic rings. The molecule has 1 aromatic carbocycles. The van der Waals surface area contributed by atoms with E-state index in [1.54, 1.807) is 26.0 Å². The van der Waals surface area contributed by atoms with Crippen LogP contribution in [0.2, 0.25) is 0 Å². The molecule has 2 N–H and O–H groups in total. The van der Waals surface area contributed by atoms with E-state index in [4.69, 9.17) is 15.7 Å². The Hall–Kier alpha value is -1.60. The van der Waals surface area contributed by atoms with Crippen molar-refractivity contribution in [2.75, 3.05) is 6.61 Å². The van der Waals surface area contributed by atoms with Gasteiger partial charge in [0.15, 0.2) is 0 Å². The van der Waals surface area contributed by atoms with Gasteiger partial charge in [-0.2, -0.15) is 5.26 Å². The second kappa shape index (κ2) is 6.36. The molecule has 0 amide bonds. The molecule has 0 heterocycles. The summed E-state index contributed by atoms with van der Waals surface area (Å²) < 4.78 is 18.7. The number of nitrogens with two attached hydrogens (primary N) is 1. The summed E-state index contributed by atoms with van der Waals surface area (Å²) >= 11 is 0. The van der Waals surface area contributed by atoms with Crippen LogP contribution in [0.25, 0.3) is 0 Å². The minimum Gasteiger partial charge on any atom is -0.493 e. The molecule has 1 rings (SSSR count). The van der Waals surface area contributed by atoms with Gasteiger partial charge < -0.3 is 10.5 Å². The predicted octanol–water partition coefficient (Wildman–Crippen LogP) is 2.92. The molecule has 0 aliphatic carbocycles. The molecule has 0 bridgehead atoms. The van der Waals surface area contributed by atoms with Crippen LogP contribution in [0.5, 0.6) is 5.75 Å². The van der Waals surface area contributed by atoms with Gasteiger partial charge in [-0.25, -0.2) is 4.39 Å². The van der Waals surface area contributed by atoms with Gasteiger partial charge in [-0.3, -0.25) is 0 Å². The second-order valence-corrected chi connectivity index (χ2v) is 4.75. The van der Waals surface area contributed by atoms with Crippen LogP contribution < -0.4 is 10.5 Å². The third-order valence-electron chi connectivity index (χ3n) is 2.76. The summed E-state index contributed by atoms with van der Waals surface area (Å²) in [5, 5.41) is 8.74. The van der Waals surface area contributed by atoms with Crippen LogP contribution in [0.4, 0.5) is 4.39 Å². The maximum Gasteiger partial charge on any atom is 0.129 e. The van der Waals surface area contributed by atoms with Gasteiger partial charge in [0.1, 0.15) is 17.1 Å². The molecule has 0 aromatic heterocycles. The molecule has 3 nitrogen and oxygen atoms in total. The fourth-order valence-electron chi connectivity index (χ4n) is 1.50. The van der Waals surface area contributed by atoms with Crippen molar-refractivity contribution in [3.8, 4) is 11.8 Å². The molecular formula is C14H19FN2O. The summed E-state index contributed by atoms with van der Waals surface area (Å²) in [4.78, 5) is 0. The van der Waals surface area contributed by atoms with Gasteiger partial charge in [0.2, 0.25) is 0 Å². The van der Waals surface area contributed by atoms with E-state index in [2.05, 4.69) is 6.07 Å². The Morgan fingerprint density at radius 1 is 1.44 bits per heavy atom. The fraction of sp³-hybridized carbons (Fsp3) is 0.500. The number of benzene rings is 1. The Bertz CT molecular complexity index is 438. The lowest BCUT2D eigenvalue weighted by Gasteiger charge is -2.14. The van der Waals surface area contributed by atoms with Gasteiger partial charge in [-0.15, -0.1) is 0 Å². The number of rotatable bonds is 6. The largest absolute Gasteiger partial charge is 0.493 e. The summed E-state index contributed by atoms with van der Waals surface area (Å²) in [6, 6.07) is 6.88. The van der Waals surface area contributed by atoms with Gasteiger partial charge in [0.05, 0.1) is 12.7 Å². The topological polar surface area (TPSA) is 59.0 Å². The lowest BCUT2D eigenvalue weighted by molar-refractivity contribution is 0.299. The van der Waals surface area contributed by atoms with Crippen LogP contribution in [0.15, 0.2) is 18.2 Å². The maximum absolute atomic E-state index is 13.2. The van der Waals surface area contributed by atoms with Crippen molar-refractivity contribution in [2.24, 2.45) is 5.73 Å². The van der Waals surface area contributed by atoms with E-state index in [-0.39, 0.29) is 5.82 Å². The summed E-state index contributed by atoms with van der Waals surface area (Å²) in [5.74, 6) is 0.278. The molecule has 4 heteroatoms. The SMILES string of the molecule is Cc1ccc(OCCCCC(C)(N)C#N)cc1F. The molecule has 1 unspecified atom stereocenters. The molecule has 0 spiro atoms. The molecule has 0 aliphatic heterocycles. The standard InChI is InChI=1S/C14H19FN2O/c1-11-5-6-12(9-13(11)15)18-8-4-3-7-14(2,17)10-16/h5-6,9H,3-4,7-8,17H2,1-2H3. The molecule has 18 heavy (non-hydrogen) atoms. The van der Waals surface area contributed by atoms with Gasteiger partial charge in [-0.1, -0.05) is 6.07 Å². The minimum absolute atomic E-state index is 0.258. The number of hydrogen-bond donors (Lipinski definition) is 1. The lowest BCUT2D eigenvalue weighted by Crippen LogP contribution is -2.33. The molecule has 0 saturated heterocycles. The van der Waals surface area contributed by atoms with E-state index < -0.39 is 5.54 Å². The molecule has 1 aromatic rings. The van der Waals surface area contributed by atoms with Gasteiger partial charge in [0.25, 0.3) is 0 Å². The highest BCUT2D eigenvalue weighted by Gasteiger charge is 2.15. The number of halogens is 1. The van der Waals surface area contributed by atoms with Crippen molar-refractivity contribution in [1.29, 1.82) is 5.26 Å². The summed E-state index contributed by atoms with van der Waals surface area (Å²) in [6.45, 7) is 3.93. The van der Waals surface area contributed by atoms with Crippen molar-refractivity contribution in [3.05, 3.63) is 29.6 Å². The second-order valence-electron chi connectivity index (χ2n) is 4.75. The van der Waals surface area contributed by atoms with Crippen LogP contribution in [0.1, 0.15) is 31.7 Å². The molecular weight excluding hydrogens is 231 g/mol. The van der Waals surface area contributed by atoms with Crippen LogP contribution in [0.3, 0.4) is 0 Å². The normalized spacial score (nSPS) is 13.7. The van der Waals surface area contributed by atoms with Crippen molar-refractivity contribution in [2.45, 2.75) is 38.6 Å². The first-order valence-electron chi connectivity index (χ1n) is 6.04. The lowest BCUT2D eigenvalue weighted by atomic mass is 9.98. The average Bonchev–Trinajstić information content (AvgIpc) is 2.33. The number of hydrogen-bond acceptors (Lipinski definition) is 3. The fourth-order valence-corrected chi connectivity index (χ4v) is 1.50. The zero-order valence-electron chi connectivity index (χ0n) is 10.9.